The van der Waals surface area contributed by atoms with Gasteiger partial charge in [-0.1, -0.05) is 23.4 Å². The largest absolute Gasteiger partial charge is 0.497 e. The van der Waals surface area contributed by atoms with Crippen LogP contribution in [0.15, 0.2) is 35.6 Å². The molecule has 0 atom stereocenters. The van der Waals surface area contributed by atoms with Crippen LogP contribution >= 0.6 is 23.4 Å². The van der Waals surface area contributed by atoms with Crippen molar-refractivity contribution in [3.05, 3.63) is 46.7 Å². The Bertz CT molecular complexity index is 839. The summed E-state index contributed by atoms with van der Waals surface area (Å²) in [7, 11) is 1.58. The molecule has 7 nitrogen and oxygen atoms in total. The van der Waals surface area contributed by atoms with Gasteiger partial charge in [0, 0.05) is 31.7 Å². The fraction of sp³-hybridized carbons (Fsp3) is 0.333. The quantitative estimate of drug-likeness (QED) is 0.573. The number of hydrogen-bond acceptors (Lipinski definition) is 6. The van der Waals surface area contributed by atoms with Crippen LogP contribution in [0.3, 0.4) is 0 Å². The maximum Gasteiger partial charge on any atom is 0.274 e. The zero-order valence-electron chi connectivity index (χ0n) is 15.0. The van der Waals surface area contributed by atoms with Crippen molar-refractivity contribution in [2.45, 2.75) is 5.16 Å². The number of nitrogens with zero attached hydrogens (tertiary/aromatic N) is 4. The first-order chi connectivity index (χ1) is 13.0. The highest BCUT2D eigenvalue weighted by Crippen LogP contribution is 2.20. The second-order valence-electron chi connectivity index (χ2n) is 5.87. The van der Waals surface area contributed by atoms with Crippen molar-refractivity contribution in [3.8, 4) is 5.75 Å². The van der Waals surface area contributed by atoms with E-state index in [9.17, 15) is 9.59 Å². The van der Waals surface area contributed by atoms with Crippen molar-refractivity contribution < 1.29 is 14.3 Å². The molecule has 27 heavy (non-hydrogen) atoms. The standard InChI is InChI=1S/C18H19ClN4O3S/c1-26-13-5-3-12(4-6-13)16(24)22-7-9-23(10-8-22)17(25)15-14(19)11-20-18(21-15)27-2/h3-6,11H,7-10H2,1-2H3. The number of benzene rings is 1. The minimum Gasteiger partial charge on any atom is -0.497 e. The van der Waals surface area contributed by atoms with E-state index in [-0.39, 0.29) is 22.5 Å². The van der Waals surface area contributed by atoms with Crippen LogP contribution in [-0.4, -0.2) is 71.1 Å². The fourth-order valence-corrected chi connectivity index (χ4v) is 3.29. The molecule has 0 N–H and O–H groups in total. The summed E-state index contributed by atoms with van der Waals surface area (Å²) in [6.07, 6.45) is 3.28. The van der Waals surface area contributed by atoms with Gasteiger partial charge >= 0.3 is 0 Å². The third-order valence-electron chi connectivity index (χ3n) is 4.30. The highest BCUT2D eigenvalue weighted by Gasteiger charge is 2.27. The summed E-state index contributed by atoms with van der Waals surface area (Å²) in [5.74, 6) is 0.400. The van der Waals surface area contributed by atoms with E-state index in [0.29, 0.717) is 42.6 Å². The summed E-state index contributed by atoms with van der Waals surface area (Å²) in [6, 6.07) is 6.99. The van der Waals surface area contributed by atoms with Crippen LogP contribution in [0, 0.1) is 0 Å². The molecule has 142 valence electrons. The Kier molecular flexibility index (Phi) is 6.18. The Balaban J connectivity index is 1.64. The van der Waals surface area contributed by atoms with Crippen molar-refractivity contribution in [2.24, 2.45) is 0 Å². The number of ether oxygens (including phenoxy) is 1. The Morgan fingerprint density at radius 1 is 1.07 bits per heavy atom. The maximum atomic E-state index is 12.7. The number of hydrogen-bond donors (Lipinski definition) is 0. The first-order valence-electron chi connectivity index (χ1n) is 8.32. The molecular weight excluding hydrogens is 388 g/mol. The third-order valence-corrected chi connectivity index (χ3v) is 5.14. The molecule has 1 aromatic heterocycles. The van der Waals surface area contributed by atoms with Gasteiger partial charge < -0.3 is 14.5 Å². The van der Waals surface area contributed by atoms with E-state index in [4.69, 9.17) is 16.3 Å². The van der Waals surface area contributed by atoms with E-state index < -0.39 is 0 Å². The SMILES string of the molecule is COc1ccc(C(=O)N2CCN(C(=O)c3nc(SC)ncc3Cl)CC2)cc1. The molecule has 0 radical (unpaired) electrons. The van der Waals surface area contributed by atoms with Gasteiger partial charge in [-0.25, -0.2) is 9.97 Å². The lowest BCUT2D eigenvalue weighted by molar-refractivity contribution is 0.0532. The molecule has 1 fully saturated rings. The van der Waals surface area contributed by atoms with Gasteiger partial charge in [0.25, 0.3) is 11.8 Å². The van der Waals surface area contributed by atoms with Gasteiger partial charge in [-0.2, -0.15) is 0 Å². The zero-order valence-corrected chi connectivity index (χ0v) is 16.6. The molecule has 0 saturated carbocycles. The molecule has 0 unspecified atom stereocenters. The Morgan fingerprint density at radius 2 is 1.67 bits per heavy atom. The van der Waals surface area contributed by atoms with Crippen LogP contribution in [0.2, 0.25) is 5.02 Å². The topological polar surface area (TPSA) is 75.6 Å². The highest BCUT2D eigenvalue weighted by molar-refractivity contribution is 7.98. The molecule has 2 aromatic rings. The normalized spacial score (nSPS) is 14.2. The van der Waals surface area contributed by atoms with Crippen LogP contribution in [0.5, 0.6) is 5.75 Å². The van der Waals surface area contributed by atoms with Crippen molar-refractivity contribution in [2.75, 3.05) is 39.5 Å². The number of amides is 2. The second kappa shape index (κ2) is 8.58. The molecule has 2 amide bonds. The van der Waals surface area contributed by atoms with Gasteiger partial charge in [-0.3, -0.25) is 9.59 Å². The summed E-state index contributed by atoms with van der Waals surface area (Å²) in [6.45, 7) is 1.76. The summed E-state index contributed by atoms with van der Waals surface area (Å²) in [4.78, 5) is 37.0. The van der Waals surface area contributed by atoms with Crippen molar-refractivity contribution >= 4 is 35.2 Å². The molecular formula is C18H19ClN4O3S. The number of rotatable bonds is 4. The van der Waals surface area contributed by atoms with Gasteiger partial charge in [-0.05, 0) is 30.5 Å². The first-order valence-corrected chi connectivity index (χ1v) is 9.93. The van der Waals surface area contributed by atoms with Crippen LogP contribution in [0.1, 0.15) is 20.8 Å². The van der Waals surface area contributed by atoms with Crippen LogP contribution < -0.4 is 4.74 Å². The predicted molar refractivity (Wildman–Crippen MR) is 104 cm³/mol. The van der Waals surface area contributed by atoms with Gasteiger partial charge in [0.05, 0.1) is 18.3 Å². The predicted octanol–water partition coefficient (Wildman–Crippen LogP) is 2.46. The van der Waals surface area contributed by atoms with E-state index in [0.717, 1.165) is 0 Å². The van der Waals surface area contributed by atoms with Crippen LogP contribution in [0.4, 0.5) is 0 Å². The number of thioether (sulfide) groups is 1. The van der Waals surface area contributed by atoms with E-state index in [1.54, 1.807) is 41.2 Å². The monoisotopic (exact) mass is 406 g/mol. The summed E-state index contributed by atoms with van der Waals surface area (Å²) in [5.41, 5.74) is 0.796. The van der Waals surface area contributed by atoms with Crippen LogP contribution in [-0.2, 0) is 0 Å². The minimum atomic E-state index is -0.241. The van der Waals surface area contributed by atoms with Crippen molar-refractivity contribution in [1.29, 1.82) is 0 Å². The van der Waals surface area contributed by atoms with Gasteiger partial charge in [0.1, 0.15) is 5.75 Å². The molecule has 1 saturated heterocycles. The second-order valence-corrected chi connectivity index (χ2v) is 7.05. The Labute approximate surface area is 166 Å². The Hall–Kier alpha value is -2.32. The molecule has 9 heteroatoms. The molecule has 1 aromatic carbocycles. The van der Waals surface area contributed by atoms with E-state index >= 15 is 0 Å². The van der Waals surface area contributed by atoms with E-state index in [2.05, 4.69) is 9.97 Å². The number of carbonyl (C=O) groups is 2. The molecule has 3 rings (SSSR count). The minimum absolute atomic E-state index is 0.0607. The smallest absolute Gasteiger partial charge is 0.274 e. The molecule has 1 aliphatic rings. The average Bonchev–Trinajstić information content (AvgIpc) is 2.73. The van der Waals surface area contributed by atoms with Gasteiger partial charge in [-0.15, -0.1) is 0 Å². The maximum absolute atomic E-state index is 12.7. The Morgan fingerprint density at radius 3 is 2.22 bits per heavy atom. The molecule has 1 aliphatic heterocycles. The molecule has 0 spiro atoms. The first kappa shape index (κ1) is 19.4. The highest BCUT2D eigenvalue weighted by atomic mass is 35.5. The summed E-state index contributed by atoms with van der Waals surface area (Å²) < 4.78 is 5.11. The van der Waals surface area contributed by atoms with Gasteiger partial charge in [0.2, 0.25) is 0 Å². The number of piperazine rings is 1. The molecule has 2 heterocycles. The zero-order chi connectivity index (χ0) is 19.4. The number of aromatic nitrogens is 2. The lowest BCUT2D eigenvalue weighted by atomic mass is 10.1. The van der Waals surface area contributed by atoms with E-state index in [1.807, 2.05) is 6.26 Å². The summed E-state index contributed by atoms with van der Waals surface area (Å²) >= 11 is 7.44. The van der Waals surface area contributed by atoms with Crippen LogP contribution in [0.25, 0.3) is 0 Å². The van der Waals surface area contributed by atoms with E-state index in [1.165, 1.54) is 18.0 Å². The number of carbonyl (C=O) groups excluding carboxylic acids is 2. The third kappa shape index (κ3) is 4.33. The fourth-order valence-electron chi connectivity index (χ4n) is 2.78. The number of halogens is 1. The van der Waals surface area contributed by atoms with Crippen molar-refractivity contribution in [3.63, 3.8) is 0 Å². The van der Waals surface area contributed by atoms with Crippen molar-refractivity contribution in [1.82, 2.24) is 19.8 Å². The molecule has 0 bridgehead atoms. The van der Waals surface area contributed by atoms with Gasteiger partial charge in [0.15, 0.2) is 10.9 Å². The average molecular weight is 407 g/mol. The number of methoxy groups -OCH3 is 1. The summed E-state index contributed by atoms with van der Waals surface area (Å²) in [5, 5.41) is 0.727. The lowest BCUT2D eigenvalue weighted by Gasteiger charge is -2.34. The lowest BCUT2D eigenvalue weighted by Crippen LogP contribution is -2.50. The molecule has 0 aliphatic carbocycles.